The van der Waals surface area contributed by atoms with Gasteiger partial charge in [0.15, 0.2) is 0 Å². The standard InChI is InChI=1S/C16H33NO/c1-4-7-11-18-12-10-15-13-14(5-2)8-9-16(15)17-6-3/h14-17H,4-13H2,1-3H3. The summed E-state index contributed by atoms with van der Waals surface area (Å²) in [5.41, 5.74) is 0. The molecular formula is C16H33NO. The Kier molecular flexibility index (Phi) is 8.70. The van der Waals surface area contributed by atoms with Crippen LogP contribution in [-0.4, -0.2) is 25.8 Å². The van der Waals surface area contributed by atoms with Crippen molar-refractivity contribution in [3.05, 3.63) is 0 Å². The molecule has 0 spiro atoms. The number of hydrogen-bond acceptors (Lipinski definition) is 2. The first-order valence-electron chi connectivity index (χ1n) is 8.12. The molecule has 1 rings (SSSR count). The number of unbranched alkanes of at least 4 members (excludes halogenated alkanes) is 1. The van der Waals surface area contributed by atoms with Crippen LogP contribution in [0.1, 0.15) is 65.7 Å². The minimum atomic E-state index is 0.743. The van der Waals surface area contributed by atoms with Crippen LogP contribution < -0.4 is 5.32 Å². The maximum absolute atomic E-state index is 5.74. The highest BCUT2D eigenvalue weighted by molar-refractivity contribution is 4.84. The van der Waals surface area contributed by atoms with Crippen LogP contribution in [-0.2, 0) is 4.74 Å². The van der Waals surface area contributed by atoms with E-state index in [9.17, 15) is 0 Å². The van der Waals surface area contributed by atoms with Crippen molar-refractivity contribution in [2.45, 2.75) is 71.8 Å². The molecule has 2 heteroatoms. The first kappa shape index (κ1) is 16.0. The lowest BCUT2D eigenvalue weighted by molar-refractivity contribution is 0.0941. The van der Waals surface area contributed by atoms with Gasteiger partial charge in [0.05, 0.1) is 0 Å². The van der Waals surface area contributed by atoms with Gasteiger partial charge in [-0.25, -0.2) is 0 Å². The van der Waals surface area contributed by atoms with Crippen LogP contribution in [0.5, 0.6) is 0 Å². The van der Waals surface area contributed by atoms with Crippen molar-refractivity contribution in [1.82, 2.24) is 5.32 Å². The van der Waals surface area contributed by atoms with Crippen LogP contribution in [0, 0.1) is 11.8 Å². The molecule has 1 saturated carbocycles. The van der Waals surface area contributed by atoms with E-state index >= 15 is 0 Å². The summed E-state index contributed by atoms with van der Waals surface area (Å²) in [5.74, 6) is 1.80. The van der Waals surface area contributed by atoms with E-state index in [4.69, 9.17) is 4.74 Å². The normalized spacial score (nSPS) is 28.5. The van der Waals surface area contributed by atoms with E-state index in [1.54, 1.807) is 0 Å². The summed E-state index contributed by atoms with van der Waals surface area (Å²) >= 11 is 0. The van der Waals surface area contributed by atoms with E-state index in [1.807, 2.05) is 0 Å². The Morgan fingerprint density at radius 1 is 1.11 bits per heavy atom. The van der Waals surface area contributed by atoms with E-state index in [0.717, 1.165) is 37.6 Å². The van der Waals surface area contributed by atoms with Crippen LogP contribution in [0.3, 0.4) is 0 Å². The predicted octanol–water partition coefficient (Wildman–Crippen LogP) is 4.00. The molecule has 1 N–H and O–H groups in total. The lowest BCUT2D eigenvalue weighted by atomic mass is 9.75. The van der Waals surface area contributed by atoms with Gasteiger partial charge in [0, 0.05) is 19.3 Å². The third kappa shape index (κ3) is 5.71. The topological polar surface area (TPSA) is 21.3 Å². The van der Waals surface area contributed by atoms with Gasteiger partial charge in [-0.15, -0.1) is 0 Å². The van der Waals surface area contributed by atoms with Crippen molar-refractivity contribution >= 4 is 0 Å². The van der Waals surface area contributed by atoms with Gasteiger partial charge in [0.2, 0.25) is 0 Å². The zero-order valence-electron chi connectivity index (χ0n) is 12.7. The minimum Gasteiger partial charge on any atom is -0.381 e. The highest BCUT2D eigenvalue weighted by Gasteiger charge is 2.28. The van der Waals surface area contributed by atoms with Gasteiger partial charge in [0.1, 0.15) is 0 Å². The van der Waals surface area contributed by atoms with Crippen LogP contribution in [0.25, 0.3) is 0 Å². The lowest BCUT2D eigenvalue weighted by Gasteiger charge is -2.36. The van der Waals surface area contributed by atoms with E-state index in [2.05, 4.69) is 26.1 Å². The molecule has 0 saturated heterocycles. The zero-order valence-corrected chi connectivity index (χ0v) is 12.7. The molecule has 0 aromatic carbocycles. The SMILES string of the molecule is CCCCOCCC1CC(CC)CCC1NCC. The van der Waals surface area contributed by atoms with Crippen molar-refractivity contribution in [3.63, 3.8) is 0 Å². The molecule has 3 unspecified atom stereocenters. The Morgan fingerprint density at radius 2 is 1.94 bits per heavy atom. The lowest BCUT2D eigenvalue weighted by Crippen LogP contribution is -2.41. The molecule has 1 aliphatic rings. The Hall–Kier alpha value is -0.0800. The first-order chi connectivity index (χ1) is 8.81. The quantitative estimate of drug-likeness (QED) is 0.629. The molecule has 0 amide bonds. The van der Waals surface area contributed by atoms with Crippen LogP contribution in [0.4, 0.5) is 0 Å². The molecule has 0 heterocycles. The van der Waals surface area contributed by atoms with Gasteiger partial charge in [0.25, 0.3) is 0 Å². The van der Waals surface area contributed by atoms with Gasteiger partial charge >= 0.3 is 0 Å². The Morgan fingerprint density at radius 3 is 2.61 bits per heavy atom. The van der Waals surface area contributed by atoms with Crippen molar-refractivity contribution < 1.29 is 4.74 Å². The molecular weight excluding hydrogens is 222 g/mol. The molecule has 3 atom stereocenters. The minimum absolute atomic E-state index is 0.743. The number of nitrogens with one attached hydrogen (secondary N) is 1. The summed E-state index contributed by atoms with van der Waals surface area (Å²) in [7, 11) is 0. The summed E-state index contributed by atoms with van der Waals surface area (Å²) in [6.45, 7) is 9.80. The smallest absolute Gasteiger partial charge is 0.0469 e. The van der Waals surface area contributed by atoms with Crippen molar-refractivity contribution in [2.24, 2.45) is 11.8 Å². The first-order valence-corrected chi connectivity index (χ1v) is 8.12. The van der Waals surface area contributed by atoms with E-state index in [0.29, 0.717) is 0 Å². The summed E-state index contributed by atoms with van der Waals surface area (Å²) in [6.07, 6.45) is 9.24. The van der Waals surface area contributed by atoms with E-state index in [1.165, 1.54) is 44.9 Å². The van der Waals surface area contributed by atoms with Gasteiger partial charge in [-0.1, -0.05) is 33.6 Å². The fraction of sp³-hybridized carbons (Fsp3) is 1.00. The second kappa shape index (κ2) is 9.80. The van der Waals surface area contributed by atoms with Crippen molar-refractivity contribution in [2.75, 3.05) is 19.8 Å². The summed E-state index contributed by atoms with van der Waals surface area (Å²) in [6, 6.07) is 0.743. The van der Waals surface area contributed by atoms with Gasteiger partial charge < -0.3 is 10.1 Å². The molecule has 1 aliphatic carbocycles. The van der Waals surface area contributed by atoms with Crippen LogP contribution in [0.2, 0.25) is 0 Å². The summed E-state index contributed by atoms with van der Waals surface area (Å²) < 4.78 is 5.74. The largest absolute Gasteiger partial charge is 0.381 e. The highest BCUT2D eigenvalue weighted by atomic mass is 16.5. The molecule has 108 valence electrons. The highest BCUT2D eigenvalue weighted by Crippen LogP contribution is 2.33. The van der Waals surface area contributed by atoms with Gasteiger partial charge in [-0.2, -0.15) is 0 Å². The molecule has 1 fully saturated rings. The van der Waals surface area contributed by atoms with Crippen LogP contribution >= 0.6 is 0 Å². The number of hydrogen-bond donors (Lipinski definition) is 1. The van der Waals surface area contributed by atoms with Crippen LogP contribution in [0.15, 0.2) is 0 Å². The fourth-order valence-electron chi connectivity index (χ4n) is 3.17. The molecule has 0 radical (unpaired) electrons. The average Bonchev–Trinajstić information content (AvgIpc) is 2.40. The van der Waals surface area contributed by atoms with Crippen molar-refractivity contribution in [3.8, 4) is 0 Å². The summed E-state index contributed by atoms with van der Waals surface area (Å²) in [4.78, 5) is 0. The third-order valence-electron chi connectivity index (χ3n) is 4.41. The van der Waals surface area contributed by atoms with E-state index in [-0.39, 0.29) is 0 Å². The van der Waals surface area contributed by atoms with Gasteiger partial charge in [-0.05, 0) is 50.5 Å². The fourth-order valence-corrected chi connectivity index (χ4v) is 3.17. The molecule has 2 nitrogen and oxygen atoms in total. The number of ether oxygens (including phenoxy) is 1. The zero-order chi connectivity index (χ0) is 13.2. The molecule has 18 heavy (non-hydrogen) atoms. The van der Waals surface area contributed by atoms with E-state index < -0.39 is 0 Å². The Labute approximate surface area is 114 Å². The molecule has 0 aliphatic heterocycles. The predicted molar refractivity (Wildman–Crippen MR) is 78.9 cm³/mol. The Bertz CT molecular complexity index is 196. The van der Waals surface area contributed by atoms with Crippen molar-refractivity contribution in [1.29, 1.82) is 0 Å². The summed E-state index contributed by atoms with van der Waals surface area (Å²) in [5, 5.41) is 3.68. The second-order valence-electron chi connectivity index (χ2n) is 5.77. The van der Waals surface area contributed by atoms with Gasteiger partial charge in [-0.3, -0.25) is 0 Å². The molecule has 0 aromatic heterocycles. The third-order valence-corrected chi connectivity index (χ3v) is 4.41. The second-order valence-corrected chi connectivity index (χ2v) is 5.77. The monoisotopic (exact) mass is 255 g/mol. The maximum atomic E-state index is 5.74. The number of rotatable bonds is 9. The Balaban J connectivity index is 2.26. The molecule has 0 bridgehead atoms. The molecule has 0 aromatic rings. The maximum Gasteiger partial charge on any atom is 0.0469 e. The average molecular weight is 255 g/mol.